The zero-order valence-corrected chi connectivity index (χ0v) is 14.0. The first kappa shape index (κ1) is 16.9. The maximum Gasteiger partial charge on any atom is 0.0438 e. The van der Waals surface area contributed by atoms with E-state index in [1.165, 1.54) is 18.5 Å². The van der Waals surface area contributed by atoms with Crippen LogP contribution in [0, 0.1) is 0 Å². The Bertz CT molecular complexity index is 394. The number of thioether (sulfide) groups is 1. The third kappa shape index (κ3) is 6.07. The summed E-state index contributed by atoms with van der Waals surface area (Å²) in [7, 11) is 0. The van der Waals surface area contributed by atoms with Crippen LogP contribution in [0.25, 0.3) is 0 Å². The van der Waals surface area contributed by atoms with Crippen molar-refractivity contribution in [1.82, 2.24) is 5.32 Å². The highest BCUT2D eigenvalue weighted by Gasteiger charge is 2.18. The van der Waals surface area contributed by atoms with E-state index >= 15 is 0 Å². The molecule has 5 heteroatoms. The molecule has 1 heterocycles. The Labute approximate surface area is 137 Å². The van der Waals surface area contributed by atoms with Gasteiger partial charge in [0.25, 0.3) is 0 Å². The van der Waals surface area contributed by atoms with Gasteiger partial charge in [0.05, 0.1) is 0 Å². The fourth-order valence-electron chi connectivity index (χ4n) is 2.60. The number of halogens is 1. The molecular weight excluding hydrogens is 304 g/mol. The first-order valence-electron chi connectivity index (χ1n) is 7.72. The highest BCUT2D eigenvalue weighted by atomic mass is 35.5. The third-order valence-electron chi connectivity index (χ3n) is 3.81. The number of piperidine rings is 1. The van der Waals surface area contributed by atoms with Gasteiger partial charge in [-0.05, 0) is 49.3 Å². The molecule has 1 aromatic carbocycles. The number of hydrogen-bond donors (Lipinski definition) is 2. The molecule has 1 saturated heterocycles. The first-order valence-corrected chi connectivity index (χ1v) is 9.25. The Kier molecular flexibility index (Phi) is 7.72. The third-order valence-corrected chi connectivity index (χ3v) is 5.14. The zero-order chi connectivity index (χ0) is 14.9. The molecule has 0 aliphatic carbocycles. The second-order valence-electron chi connectivity index (χ2n) is 5.38. The molecule has 0 spiro atoms. The number of aliphatic hydroxyl groups excluding tert-OH is 1. The molecule has 1 aliphatic heterocycles. The van der Waals surface area contributed by atoms with Crippen LogP contribution >= 0.6 is 23.4 Å². The van der Waals surface area contributed by atoms with Crippen LogP contribution in [0.15, 0.2) is 24.3 Å². The highest BCUT2D eigenvalue weighted by molar-refractivity contribution is 7.99. The van der Waals surface area contributed by atoms with E-state index in [0.29, 0.717) is 12.6 Å². The van der Waals surface area contributed by atoms with Crippen LogP contribution in [0.2, 0.25) is 5.02 Å². The molecule has 21 heavy (non-hydrogen) atoms. The van der Waals surface area contributed by atoms with Crippen LogP contribution in [-0.2, 0) is 0 Å². The van der Waals surface area contributed by atoms with Crippen molar-refractivity contribution in [3.05, 3.63) is 29.3 Å². The molecule has 0 unspecified atom stereocenters. The largest absolute Gasteiger partial charge is 0.396 e. The van der Waals surface area contributed by atoms with Crippen LogP contribution in [0.4, 0.5) is 5.69 Å². The SMILES string of the molecule is OCCCSCCNC1CCN(c2ccc(Cl)cc2)CC1. The molecule has 0 bridgehead atoms. The monoisotopic (exact) mass is 328 g/mol. The number of rotatable bonds is 8. The molecule has 0 amide bonds. The Hall–Kier alpha value is -0.420. The summed E-state index contributed by atoms with van der Waals surface area (Å²) in [6.45, 7) is 3.60. The van der Waals surface area contributed by atoms with Gasteiger partial charge in [-0.1, -0.05) is 11.6 Å². The summed E-state index contributed by atoms with van der Waals surface area (Å²) >= 11 is 7.85. The Morgan fingerprint density at radius 1 is 1.19 bits per heavy atom. The fourth-order valence-corrected chi connectivity index (χ4v) is 3.52. The molecule has 0 aromatic heterocycles. The second kappa shape index (κ2) is 9.57. The van der Waals surface area contributed by atoms with E-state index in [9.17, 15) is 0 Å². The zero-order valence-electron chi connectivity index (χ0n) is 12.4. The van der Waals surface area contributed by atoms with Gasteiger partial charge in [0, 0.05) is 48.7 Å². The maximum atomic E-state index is 8.72. The Morgan fingerprint density at radius 3 is 2.57 bits per heavy atom. The van der Waals surface area contributed by atoms with E-state index < -0.39 is 0 Å². The number of hydrogen-bond acceptors (Lipinski definition) is 4. The molecule has 118 valence electrons. The van der Waals surface area contributed by atoms with Crippen LogP contribution in [0.1, 0.15) is 19.3 Å². The molecule has 2 N–H and O–H groups in total. The van der Waals surface area contributed by atoms with E-state index in [4.69, 9.17) is 16.7 Å². The molecule has 3 nitrogen and oxygen atoms in total. The van der Waals surface area contributed by atoms with Gasteiger partial charge in [0.2, 0.25) is 0 Å². The van der Waals surface area contributed by atoms with Crippen LogP contribution in [0.3, 0.4) is 0 Å². The Balaban J connectivity index is 1.61. The first-order chi connectivity index (χ1) is 10.3. The maximum absolute atomic E-state index is 8.72. The van der Waals surface area contributed by atoms with Gasteiger partial charge < -0.3 is 15.3 Å². The summed E-state index contributed by atoms with van der Waals surface area (Å²) < 4.78 is 0. The number of nitrogens with one attached hydrogen (secondary N) is 1. The lowest BCUT2D eigenvalue weighted by Gasteiger charge is -2.34. The fraction of sp³-hybridized carbons (Fsp3) is 0.625. The number of nitrogens with zero attached hydrogens (tertiary/aromatic N) is 1. The number of benzene rings is 1. The van der Waals surface area contributed by atoms with Gasteiger partial charge >= 0.3 is 0 Å². The van der Waals surface area contributed by atoms with Gasteiger partial charge in [-0.25, -0.2) is 0 Å². The van der Waals surface area contributed by atoms with Gasteiger partial charge in [0.15, 0.2) is 0 Å². The molecule has 1 aliphatic rings. The molecule has 2 rings (SSSR count). The predicted octanol–water partition coefficient (Wildman–Crippen LogP) is 3.01. The lowest BCUT2D eigenvalue weighted by atomic mass is 10.0. The summed E-state index contributed by atoms with van der Waals surface area (Å²) in [5.41, 5.74) is 1.28. The predicted molar refractivity (Wildman–Crippen MR) is 93.7 cm³/mol. The van der Waals surface area contributed by atoms with Crippen molar-refractivity contribution in [3.8, 4) is 0 Å². The van der Waals surface area contributed by atoms with Crippen molar-refractivity contribution in [2.24, 2.45) is 0 Å². The molecular formula is C16H25ClN2OS. The van der Waals surface area contributed by atoms with E-state index in [1.54, 1.807) is 0 Å². The summed E-state index contributed by atoms with van der Waals surface area (Å²) in [6, 6.07) is 8.78. The van der Waals surface area contributed by atoms with Gasteiger partial charge in [-0.3, -0.25) is 0 Å². The number of anilines is 1. The normalized spacial score (nSPS) is 16.4. The van der Waals surface area contributed by atoms with E-state index in [1.807, 2.05) is 23.9 Å². The van der Waals surface area contributed by atoms with Crippen molar-refractivity contribution in [1.29, 1.82) is 0 Å². The van der Waals surface area contributed by atoms with Crippen LogP contribution in [-0.4, -0.2) is 48.9 Å². The smallest absolute Gasteiger partial charge is 0.0438 e. The van der Waals surface area contributed by atoms with Crippen LogP contribution < -0.4 is 10.2 Å². The second-order valence-corrected chi connectivity index (χ2v) is 7.04. The average Bonchev–Trinajstić information content (AvgIpc) is 2.52. The van der Waals surface area contributed by atoms with Crippen molar-refractivity contribution < 1.29 is 5.11 Å². The van der Waals surface area contributed by atoms with E-state index in [2.05, 4.69) is 22.3 Å². The highest BCUT2D eigenvalue weighted by Crippen LogP contribution is 2.22. The standard InChI is InChI=1S/C16H25ClN2OS/c17-14-2-4-16(5-3-14)19-9-6-15(7-10-19)18-8-13-21-12-1-11-20/h2-5,15,18,20H,1,6-13H2. The molecule has 0 atom stereocenters. The van der Waals surface area contributed by atoms with Crippen molar-refractivity contribution in [2.45, 2.75) is 25.3 Å². The number of aliphatic hydroxyl groups is 1. The van der Waals surface area contributed by atoms with Crippen molar-refractivity contribution in [2.75, 3.05) is 42.6 Å². The molecule has 1 aromatic rings. The quantitative estimate of drug-likeness (QED) is 0.719. The molecule has 0 saturated carbocycles. The summed E-state index contributed by atoms with van der Waals surface area (Å²) in [5, 5.41) is 13.2. The summed E-state index contributed by atoms with van der Waals surface area (Å²) in [4.78, 5) is 2.44. The Morgan fingerprint density at radius 2 is 1.90 bits per heavy atom. The minimum atomic E-state index is 0.309. The average molecular weight is 329 g/mol. The summed E-state index contributed by atoms with van der Waals surface area (Å²) in [5.74, 6) is 2.20. The topological polar surface area (TPSA) is 35.5 Å². The van der Waals surface area contributed by atoms with Crippen molar-refractivity contribution in [3.63, 3.8) is 0 Å². The van der Waals surface area contributed by atoms with Gasteiger partial charge in [-0.2, -0.15) is 11.8 Å². The van der Waals surface area contributed by atoms with Gasteiger partial charge in [0.1, 0.15) is 0 Å². The minimum Gasteiger partial charge on any atom is -0.396 e. The van der Waals surface area contributed by atoms with Crippen molar-refractivity contribution >= 4 is 29.1 Å². The molecule has 1 fully saturated rings. The molecule has 0 radical (unpaired) electrons. The van der Waals surface area contributed by atoms with E-state index in [-0.39, 0.29) is 0 Å². The van der Waals surface area contributed by atoms with Gasteiger partial charge in [-0.15, -0.1) is 0 Å². The van der Waals surface area contributed by atoms with E-state index in [0.717, 1.165) is 42.6 Å². The van der Waals surface area contributed by atoms with Crippen LogP contribution in [0.5, 0.6) is 0 Å². The minimum absolute atomic E-state index is 0.309. The summed E-state index contributed by atoms with van der Waals surface area (Å²) in [6.07, 6.45) is 3.30. The lowest BCUT2D eigenvalue weighted by molar-refractivity contribution is 0.296. The lowest BCUT2D eigenvalue weighted by Crippen LogP contribution is -2.43.